The van der Waals surface area contributed by atoms with Crippen LogP contribution in [0.4, 0.5) is 0 Å². The van der Waals surface area contributed by atoms with Crippen LogP contribution in [0.15, 0.2) is 382 Å². The first-order valence-corrected chi connectivity index (χ1v) is 44.2. The van der Waals surface area contributed by atoms with Gasteiger partial charge in [0, 0.05) is 153 Å². The van der Waals surface area contributed by atoms with Crippen LogP contribution in [0, 0.1) is 0 Å². The summed E-state index contributed by atoms with van der Waals surface area (Å²) < 4.78 is 22.2. The molecule has 12 aromatic heterocycles. The number of para-hydroxylation sites is 12. The molecule has 0 unspecified atom stereocenters. The molecule has 0 radical (unpaired) electrons. The zero-order chi connectivity index (χ0) is 80.0. The summed E-state index contributed by atoms with van der Waals surface area (Å²) in [6, 6.07) is 139. The van der Waals surface area contributed by atoms with Gasteiger partial charge in [0.25, 0.3) is 0 Å². The molecule has 12 heteroatoms. The molecular formula is C111H63N9S3. The standard InChI is InChI=1S/3C37H21N3S/c1-2-10-22(11-3-1)39-29-15-7-4-13-24(29)36-31(39)19-18-25-35(36)27-21-34-26(23-12-5-9-17-33(23)41-34)20-32(27)40-30-16-8-6-14-28(30)38-37(25)40;1-2-10-22(11-3-1)39-29-15-7-4-13-24(29)36-31(39)19-18-25-35(36)27-20-26-23-12-5-9-17-33(23)41-34(26)21-32(27)40-30-16-8-6-14-28(30)38-37(25)40;1-2-10-22(11-3-1)39-31-15-7-4-12-23(31)26-18-25-27-21-36-28(24-13-5-9-17-35(24)41-36)19-34(27)40-32-16-8-6-14-30(32)38-37(40)29(25)20-33(26)39/h3*1-21H. The third kappa shape index (κ3) is 9.51. The highest BCUT2D eigenvalue weighted by atomic mass is 32.1. The van der Waals surface area contributed by atoms with E-state index in [2.05, 4.69) is 409 Å². The average molecular weight is 1620 g/mol. The van der Waals surface area contributed by atoms with Gasteiger partial charge in [0.05, 0.1) is 82.8 Å². The molecule has 30 aromatic rings. The monoisotopic (exact) mass is 1620 g/mol. The lowest BCUT2D eigenvalue weighted by atomic mass is 9.98. The predicted octanol–water partition coefficient (Wildman–Crippen LogP) is 30.8. The van der Waals surface area contributed by atoms with Gasteiger partial charge in [0.15, 0.2) is 0 Å². The zero-order valence-corrected chi connectivity index (χ0v) is 68.1. The van der Waals surface area contributed by atoms with E-state index in [4.69, 9.17) is 15.0 Å². The van der Waals surface area contributed by atoms with Crippen molar-refractivity contribution in [3.8, 4) is 17.1 Å². The van der Waals surface area contributed by atoms with Crippen LogP contribution < -0.4 is 0 Å². The number of nitrogens with zero attached hydrogens (tertiary/aromatic N) is 9. The van der Waals surface area contributed by atoms with Crippen molar-refractivity contribution >= 4 is 275 Å². The number of rotatable bonds is 3. The van der Waals surface area contributed by atoms with Crippen molar-refractivity contribution in [1.82, 2.24) is 41.9 Å². The summed E-state index contributed by atoms with van der Waals surface area (Å²) in [5, 5.41) is 26.5. The molecule has 0 spiro atoms. The molecule has 0 saturated heterocycles. The number of hydrogen-bond donors (Lipinski definition) is 0. The molecule has 123 heavy (non-hydrogen) atoms. The van der Waals surface area contributed by atoms with Gasteiger partial charge in [-0.3, -0.25) is 13.2 Å². The number of pyridine rings is 3. The fourth-order valence-electron chi connectivity index (χ4n) is 20.8. The Balaban J connectivity index is 0.0000000946. The largest absolute Gasteiger partial charge is 0.309 e. The lowest BCUT2D eigenvalue weighted by molar-refractivity contribution is 1.18. The van der Waals surface area contributed by atoms with Gasteiger partial charge >= 0.3 is 0 Å². The van der Waals surface area contributed by atoms with Crippen molar-refractivity contribution < 1.29 is 0 Å². The third-order valence-corrected chi connectivity index (χ3v) is 29.4. The molecule has 0 saturated carbocycles. The minimum Gasteiger partial charge on any atom is -0.309 e. The highest BCUT2D eigenvalue weighted by Gasteiger charge is 2.27. The minimum absolute atomic E-state index is 0.999. The fourth-order valence-corrected chi connectivity index (χ4v) is 24.2. The van der Waals surface area contributed by atoms with Gasteiger partial charge < -0.3 is 13.7 Å². The predicted molar refractivity (Wildman–Crippen MR) is 525 cm³/mol. The number of imidazole rings is 3. The van der Waals surface area contributed by atoms with Crippen LogP contribution in [0.1, 0.15) is 0 Å². The SMILES string of the molecule is c1ccc(-n2c3ccccc3c3c4c5cc6c(cc5n5c7ccccc7nc5c4ccc32)sc2ccccc26)cc1.c1ccc(-n2c3ccccc3c3c4c5cc6sc7ccccc7c6cc5n5c6ccccc6nc5c4ccc32)cc1.c1ccc(-n2c3ccccc3c3cc4c5cc6sc7ccccc7c6cc5n5c6ccccc6nc5c4cc32)cc1. The molecule has 0 aliphatic heterocycles. The Kier molecular flexibility index (Phi) is 14.0. The Hall–Kier alpha value is -15.6. The van der Waals surface area contributed by atoms with E-state index in [0.29, 0.717) is 0 Å². The van der Waals surface area contributed by atoms with Crippen LogP contribution in [0.3, 0.4) is 0 Å². The third-order valence-electron chi connectivity index (χ3n) is 26.0. The molecule has 0 fully saturated rings. The van der Waals surface area contributed by atoms with E-state index in [1.165, 1.54) is 202 Å². The van der Waals surface area contributed by atoms with E-state index in [0.717, 1.165) is 55.7 Å². The van der Waals surface area contributed by atoms with Crippen molar-refractivity contribution in [2.45, 2.75) is 0 Å². The summed E-state index contributed by atoms with van der Waals surface area (Å²) >= 11 is 5.62. The first kappa shape index (κ1) is 67.3. The first-order valence-electron chi connectivity index (χ1n) is 41.7. The molecule has 12 heterocycles. The van der Waals surface area contributed by atoms with E-state index in [9.17, 15) is 0 Å². The molecule has 570 valence electrons. The molecule has 0 amide bonds. The number of benzene rings is 18. The van der Waals surface area contributed by atoms with Gasteiger partial charge in [-0.2, -0.15) is 0 Å². The summed E-state index contributed by atoms with van der Waals surface area (Å²) in [6.07, 6.45) is 0. The van der Waals surface area contributed by atoms with Crippen LogP contribution in [0.2, 0.25) is 0 Å². The normalized spacial score (nSPS) is 12.4. The second-order valence-electron chi connectivity index (χ2n) is 32.4. The van der Waals surface area contributed by atoms with Gasteiger partial charge in [-0.05, 0) is 187 Å². The van der Waals surface area contributed by atoms with Crippen LogP contribution in [0.25, 0.3) is 258 Å². The van der Waals surface area contributed by atoms with E-state index in [1.807, 2.05) is 34.0 Å². The van der Waals surface area contributed by atoms with Crippen molar-refractivity contribution in [2.24, 2.45) is 0 Å². The van der Waals surface area contributed by atoms with Gasteiger partial charge in [-0.15, -0.1) is 34.0 Å². The van der Waals surface area contributed by atoms with E-state index >= 15 is 0 Å². The van der Waals surface area contributed by atoms with Gasteiger partial charge in [-0.25, -0.2) is 15.0 Å². The second kappa shape index (κ2) is 25.5. The summed E-state index contributed by atoms with van der Waals surface area (Å²) in [6.45, 7) is 0. The molecule has 30 rings (SSSR count). The highest BCUT2D eigenvalue weighted by Crippen LogP contribution is 2.50. The molecule has 0 N–H and O–H groups in total. The maximum Gasteiger partial charge on any atom is 0.146 e. The zero-order valence-electron chi connectivity index (χ0n) is 65.6. The number of aromatic nitrogens is 9. The number of hydrogen-bond acceptors (Lipinski definition) is 6. The van der Waals surface area contributed by atoms with Crippen LogP contribution >= 0.6 is 34.0 Å². The van der Waals surface area contributed by atoms with Crippen LogP contribution in [0.5, 0.6) is 0 Å². The van der Waals surface area contributed by atoms with Gasteiger partial charge in [-0.1, -0.05) is 200 Å². The summed E-state index contributed by atoms with van der Waals surface area (Å²) in [4.78, 5) is 15.7. The van der Waals surface area contributed by atoms with Crippen LogP contribution in [-0.2, 0) is 0 Å². The van der Waals surface area contributed by atoms with Crippen molar-refractivity contribution in [3.63, 3.8) is 0 Å². The van der Waals surface area contributed by atoms with Gasteiger partial charge in [0.1, 0.15) is 16.9 Å². The second-order valence-corrected chi connectivity index (χ2v) is 35.7. The molecular weight excluding hydrogens is 1560 g/mol. The smallest absolute Gasteiger partial charge is 0.146 e. The Labute approximate surface area is 710 Å². The Morgan fingerprint density at radius 2 is 0.463 bits per heavy atom. The van der Waals surface area contributed by atoms with Crippen LogP contribution in [-0.4, -0.2) is 41.9 Å². The van der Waals surface area contributed by atoms with Crippen molar-refractivity contribution in [1.29, 1.82) is 0 Å². The molecule has 18 aromatic carbocycles. The van der Waals surface area contributed by atoms with Crippen molar-refractivity contribution in [3.05, 3.63) is 382 Å². The average Bonchev–Trinajstić information content (AvgIpc) is 1.55. The first-order chi connectivity index (χ1) is 61.0. The van der Waals surface area contributed by atoms with E-state index in [-0.39, 0.29) is 0 Å². The lowest BCUT2D eigenvalue weighted by Crippen LogP contribution is -1.95. The molecule has 0 bridgehead atoms. The maximum absolute atomic E-state index is 5.24. The number of thiophene rings is 3. The molecule has 0 aliphatic rings. The molecule has 9 nitrogen and oxygen atoms in total. The summed E-state index contributed by atoms with van der Waals surface area (Å²) in [7, 11) is 0. The quantitative estimate of drug-likeness (QED) is 0.166. The molecule has 0 aliphatic carbocycles. The Bertz CT molecular complexity index is 9860. The van der Waals surface area contributed by atoms with Gasteiger partial charge in [0.2, 0.25) is 0 Å². The highest BCUT2D eigenvalue weighted by molar-refractivity contribution is 7.26. The summed E-state index contributed by atoms with van der Waals surface area (Å²) in [5.74, 6) is 0. The minimum atomic E-state index is 0.999. The van der Waals surface area contributed by atoms with E-state index in [1.54, 1.807) is 0 Å². The summed E-state index contributed by atoms with van der Waals surface area (Å²) in [5.41, 5.74) is 23.8. The topological polar surface area (TPSA) is 66.7 Å². The maximum atomic E-state index is 5.24. The van der Waals surface area contributed by atoms with Crippen molar-refractivity contribution in [2.75, 3.05) is 0 Å². The number of fused-ring (bicyclic) bond motifs is 44. The lowest BCUT2D eigenvalue weighted by Gasteiger charge is -2.12. The Morgan fingerprint density at radius 3 is 0.927 bits per heavy atom. The Morgan fingerprint density at radius 1 is 0.154 bits per heavy atom. The molecule has 0 atom stereocenters. The fraction of sp³-hybridized carbons (Fsp3) is 0. The van der Waals surface area contributed by atoms with E-state index < -0.39 is 0 Å².